The molecule has 0 spiro atoms. The van der Waals surface area contributed by atoms with Gasteiger partial charge in [-0.15, -0.1) is 0 Å². The maximum absolute atomic E-state index is 13.2. The summed E-state index contributed by atoms with van der Waals surface area (Å²) in [6.07, 6.45) is 0. The Morgan fingerprint density at radius 3 is 2.39 bits per heavy atom. The van der Waals surface area contributed by atoms with E-state index in [-0.39, 0.29) is 11.9 Å². The lowest BCUT2D eigenvalue weighted by atomic mass is 9.99. The summed E-state index contributed by atoms with van der Waals surface area (Å²) in [5.74, 6) is -0.0647. The molecule has 0 aliphatic carbocycles. The molecule has 0 saturated carbocycles. The van der Waals surface area contributed by atoms with Gasteiger partial charge in [0, 0.05) is 24.7 Å². The van der Waals surface area contributed by atoms with Gasteiger partial charge >= 0.3 is 0 Å². The number of carbonyl (C=O) groups excluding carboxylic acids is 1. The standard InChI is InChI=1S/C25H25Cl2N3O/c1-17-7-9-18(10-8-17)23-16-29(25(31)24(28)19-5-3-2-4-6-19)13-14-30(23)22-12-11-20(26)15-21(22)27/h2-12,15,23-24H,13-14,16,28H2,1H3. The van der Waals surface area contributed by atoms with Crippen LogP contribution in [-0.2, 0) is 4.79 Å². The van der Waals surface area contributed by atoms with Gasteiger partial charge in [0.05, 0.1) is 16.8 Å². The van der Waals surface area contributed by atoms with Gasteiger partial charge in [-0.1, -0.05) is 83.4 Å². The number of aryl methyl sites for hydroxylation is 1. The monoisotopic (exact) mass is 453 g/mol. The van der Waals surface area contributed by atoms with Crippen LogP contribution in [-0.4, -0.2) is 30.4 Å². The van der Waals surface area contributed by atoms with E-state index in [1.54, 1.807) is 6.07 Å². The molecular formula is C25H25Cl2N3O. The molecule has 1 saturated heterocycles. The summed E-state index contributed by atoms with van der Waals surface area (Å²) < 4.78 is 0. The van der Waals surface area contributed by atoms with Gasteiger partial charge in [0.15, 0.2) is 0 Å². The molecular weight excluding hydrogens is 429 g/mol. The fraction of sp³-hybridized carbons (Fsp3) is 0.240. The maximum atomic E-state index is 13.2. The van der Waals surface area contributed by atoms with Crippen LogP contribution in [0.3, 0.4) is 0 Å². The Morgan fingerprint density at radius 1 is 1.00 bits per heavy atom. The Hall–Kier alpha value is -2.53. The molecule has 0 aromatic heterocycles. The van der Waals surface area contributed by atoms with E-state index in [1.165, 1.54) is 5.56 Å². The van der Waals surface area contributed by atoms with E-state index < -0.39 is 6.04 Å². The molecule has 2 N–H and O–H groups in total. The number of nitrogens with two attached hydrogens (primary N) is 1. The molecule has 3 aromatic rings. The predicted octanol–water partition coefficient (Wildman–Crippen LogP) is 5.39. The van der Waals surface area contributed by atoms with Crippen molar-refractivity contribution in [3.8, 4) is 0 Å². The third kappa shape index (κ3) is 4.72. The van der Waals surface area contributed by atoms with Crippen LogP contribution in [0.5, 0.6) is 0 Å². The van der Waals surface area contributed by atoms with Crippen molar-refractivity contribution in [2.24, 2.45) is 5.73 Å². The molecule has 1 aliphatic rings. The number of benzene rings is 3. The highest BCUT2D eigenvalue weighted by atomic mass is 35.5. The number of carbonyl (C=O) groups is 1. The highest BCUT2D eigenvalue weighted by molar-refractivity contribution is 6.36. The zero-order valence-electron chi connectivity index (χ0n) is 17.3. The van der Waals surface area contributed by atoms with Gasteiger partial charge in [-0.2, -0.15) is 0 Å². The summed E-state index contributed by atoms with van der Waals surface area (Å²) in [4.78, 5) is 17.3. The van der Waals surface area contributed by atoms with Crippen LogP contribution >= 0.6 is 23.2 Å². The van der Waals surface area contributed by atoms with Crippen LogP contribution in [0.15, 0.2) is 72.8 Å². The average Bonchev–Trinajstić information content (AvgIpc) is 2.79. The third-order valence-electron chi connectivity index (χ3n) is 5.80. The molecule has 2 unspecified atom stereocenters. The molecule has 4 rings (SSSR count). The first-order valence-corrected chi connectivity index (χ1v) is 11.1. The minimum Gasteiger partial charge on any atom is -0.360 e. The van der Waals surface area contributed by atoms with Crippen molar-refractivity contribution in [2.45, 2.75) is 19.0 Å². The molecule has 6 heteroatoms. The number of hydrogen-bond acceptors (Lipinski definition) is 3. The molecule has 1 heterocycles. The summed E-state index contributed by atoms with van der Waals surface area (Å²) in [7, 11) is 0. The lowest BCUT2D eigenvalue weighted by molar-refractivity contribution is -0.133. The molecule has 2 atom stereocenters. The van der Waals surface area contributed by atoms with Crippen LogP contribution in [0.1, 0.15) is 28.8 Å². The van der Waals surface area contributed by atoms with Crippen molar-refractivity contribution < 1.29 is 4.79 Å². The van der Waals surface area contributed by atoms with Gasteiger partial charge in [0.2, 0.25) is 5.91 Å². The number of rotatable bonds is 4. The fourth-order valence-electron chi connectivity index (χ4n) is 4.06. The minimum absolute atomic E-state index is 0.0417. The van der Waals surface area contributed by atoms with E-state index in [0.717, 1.165) is 16.8 Å². The van der Waals surface area contributed by atoms with E-state index in [1.807, 2.05) is 47.4 Å². The number of amides is 1. The third-order valence-corrected chi connectivity index (χ3v) is 6.34. The van der Waals surface area contributed by atoms with Gasteiger partial charge in [-0.3, -0.25) is 4.79 Å². The first kappa shape index (κ1) is 21.7. The van der Waals surface area contributed by atoms with Crippen molar-refractivity contribution in [1.82, 2.24) is 4.90 Å². The molecule has 0 bridgehead atoms. The molecule has 31 heavy (non-hydrogen) atoms. The Kier molecular flexibility index (Phi) is 6.51. The van der Waals surface area contributed by atoms with Gasteiger partial charge < -0.3 is 15.5 Å². The summed E-state index contributed by atoms with van der Waals surface area (Å²) in [5, 5.41) is 1.20. The lowest BCUT2D eigenvalue weighted by Crippen LogP contribution is -2.52. The highest BCUT2D eigenvalue weighted by Gasteiger charge is 2.33. The van der Waals surface area contributed by atoms with Crippen LogP contribution in [0.25, 0.3) is 0 Å². The molecule has 160 valence electrons. The van der Waals surface area contributed by atoms with Crippen molar-refractivity contribution >= 4 is 34.8 Å². The quantitative estimate of drug-likeness (QED) is 0.575. The zero-order valence-corrected chi connectivity index (χ0v) is 18.9. The molecule has 1 amide bonds. The van der Waals surface area contributed by atoms with Crippen LogP contribution in [0, 0.1) is 6.92 Å². The summed E-state index contributed by atoms with van der Waals surface area (Å²) >= 11 is 12.7. The number of hydrogen-bond donors (Lipinski definition) is 1. The SMILES string of the molecule is Cc1ccc(C2CN(C(=O)C(N)c3ccccc3)CCN2c2ccc(Cl)cc2Cl)cc1. The Balaban J connectivity index is 1.64. The number of nitrogens with zero attached hydrogens (tertiary/aromatic N) is 2. The van der Waals surface area contributed by atoms with Crippen molar-refractivity contribution in [2.75, 3.05) is 24.5 Å². The van der Waals surface area contributed by atoms with Crippen molar-refractivity contribution in [3.63, 3.8) is 0 Å². The lowest BCUT2D eigenvalue weighted by Gasteiger charge is -2.44. The van der Waals surface area contributed by atoms with Gasteiger partial charge in [-0.05, 0) is 36.2 Å². The summed E-state index contributed by atoms with van der Waals surface area (Å²) in [6, 6.07) is 22.7. The van der Waals surface area contributed by atoms with Crippen molar-refractivity contribution in [3.05, 3.63) is 99.5 Å². The summed E-state index contributed by atoms with van der Waals surface area (Å²) in [6.45, 7) is 3.81. The highest BCUT2D eigenvalue weighted by Crippen LogP contribution is 2.37. The molecule has 4 nitrogen and oxygen atoms in total. The Morgan fingerprint density at radius 2 is 1.71 bits per heavy atom. The predicted molar refractivity (Wildman–Crippen MR) is 128 cm³/mol. The minimum atomic E-state index is -0.675. The van der Waals surface area contributed by atoms with Gasteiger partial charge in [-0.25, -0.2) is 0 Å². The van der Waals surface area contributed by atoms with Crippen LogP contribution in [0.4, 0.5) is 5.69 Å². The van der Waals surface area contributed by atoms with Crippen LogP contribution in [0.2, 0.25) is 10.0 Å². The van der Waals surface area contributed by atoms with E-state index in [4.69, 9.17) is 28.9 Å². The number of piperazine rings is 1. The topological polar surface area (TPSA) is 49.6 Å². The van der Waals surface area contributed by atoms with E-state index in [2.05, 4.69) is 36.1 Å². The molecule has 1 fully saturated rings. The second-order valence-corrected chi connectivity index (χ2v) is 8.73. The first-order valence-electron chi connectivity index (χ1n) is 10.3. The Bertz CT molecular complexity index is 1060. The van der Waals surface area contributed by atoms with Gasteiger partial charge in [0.25, 0.3) is 0 Å². The van der Waals surface area contributed by atoms with E-state index >= 15 is 0 Å². The number of anilines is 1. The zero-order chi connectivity index (χ0) is 22.0. The largest absolute Gasteiger partial charge is 0.360 e. The van der Waals surface area contributed by atoms with Gasteiger partial charge in [0.1, 0.15) is 6.04 Å². The second kappa shape index (κ2) is 9.31. The average molecular weight is 454 g/mol. The molecule has 0 radical (unpaired) electrons. The molecule has 1 aliphatic heterocycles. The summed E-state index contributed by atoms with van der Waals surface area (Å²) in [5.41, 5.74) is 10.4. The first-order chi connectivity index (χ1) is 14.9. The van der Waals surface area contributed by atoms with Crippen LogP contribution < -0.4 is 10.6 Å². The van der Waals surface area contributed by atoms with E-state index in [9.17, 15) is 4.79 Å². The second-order valence-electron chi connectivity index (χ2n) is 7.89. The molecule has 3 aromatic carbocycles. The van der Waals surface area contributed by atoms with Crippen molar-refractivity contribution in [1.29, 1.82) is 0 Å². The Labute approximate surface area is 193 Å². The smallest absolute Gasteiger partial charge is 0.244 e. The fourth-order valence-corrected chi connectivity index (χ4v) is 4.58. The number of halogens is 2. The maximum Gasteiger partial charge on any atom is 0.244 e. The van der Waals surface area contributed by atoms with E-state index in [0.29, 0.717) is 29.7 Å². The normalized spacial score (nSPS) is 17.5.